The quantitative estimate of drug-likeness (QED) is 0.682. The lowest BCUT2D eigenvalue weighted by atomic mass is 9.80. The van der Waals surface area contributed by atoms with E-state index in [2.05, 4.69) is 5.32 Å². The van der Waals surface area contributed by atoms with Gasteiger partial charge in [-0.2, -0.15) is 0 Å². The predicted molar refractivity (Wildman–Crippen MR) is 63.1 cm³/mol. The maximum absolute atomic E-state index is 11.4. The van der Waals surface area contributed by atoms with Crippen molar-refractivity contribution in [2.45, 2.75) is 46.6 Å². The third-order valence-electron chi connectivity index (χ3n) is 2.59. The lowest BCUT2D eigenvalue weighted by Crippen LogP contribution is -2.45. The van der Waals surface area contributed by atoms with E-state index >= 15 is 0 Å². The van der Waals surface area contributed by atoms with Gasteiger partial charge in [-0.3, -0.25) is 9.59 Å². The summed E-state index contributed by atoms with van der Waals surface area (Å²) in [6.07, 6.45) is 3.86. The summed E-state index contributed by atoms with van der Waals surface area (Å²) in [5, 5.41) is 11.6. The van der Waals surface area contributed by atoms with Crippen LogP contribution in [-0.2, 0) is 9.59 Å². The highest BCUT2D eigenvalue weighted by Gasteiger charge is 2.31. The third kappa shape index (κ3) is 4.96. The fraction of sp³-hybridized carbons (Fsp3) is 0.667. The van der Waals surface area contributed by atoms with Gasteiger partial charge in [0, 0.05) is 6.04 Å². The van der Waals surface area contributed by atoms with E-state index in [0.29, 0.717) is 6.42 Å². The average Bonchev–Trinajstić information content (AvgIpc) is 2.12. The standard InChI is InChI=1S/C12H21NO3/c1-5-7-10(14)13-9(6-2)12(3,4)8-11(15)16/h5,7,9H,6,8H2,1-4H3,(H,13,14)(H,15,16). The number of hydrogen-bond acceptors (Lipinski definition) is 2. The molecule has 2 N–H and O–H groups in total. The van der Waals surface area contributed by atoms with Crippen LogP contribution in [0.25, 0.3) is 0 Å². The molecule has 0 aliphatic heterocycles. The van der Waals surface area contributed by atoms with Crippen LogP contribution in [0.15, 0.2) is 12.2 Å². The molecule has 0 rings (SSSR count). The van der Waals surface area contributed by atoms with E-state index in [-0.39, 0.29) is 18.4 Å². The Kier molecular flexibility index (Phi) is 5.78. The van der Waals surface area contributed by atoms with Crippen molar-refractivity contribution in [2.75, 3.05) is 0 Å². The third-order valence-corrected chi connectivity index (χ3v) is 2.59. The first-order valence-electron chi connectivity index (χ1n) is 5.48. The first-order chi connectivity index (χ1) is 7.33. The Morgan fingerprint density at radius 1 is 1.44 bits per heavy atom. The minimum absolute atomic E-state index is 0.0433. The Labute approximate surface area is 96.7 Å². The molecule has 0 bridgehead atoms. The minimum Gasteiger partial charge on any atom is -0.481 e. The molecular formula is C12H21NO3. The number of allylic oxidation sites excluding steroid dienone is 1. The van der Waals surface area contributed by atoms with Crippen molar-refractivity contribution in [3.63, 3.8) is 0 Å². The fourth-order valence-electron chi connectivity index (χ4n) is 1.73. The highest BCUT2D eigenvalue weighted by atomic mass is 16.4. The number of amides is 1. The number of carbonyl (C=O) groups is 2. The van der Waals surface area contributed by atoms with Gasteiger partial charge in [-0.15, -0.1) is 0 Å². The zero-order valence-corrected chi connectivity index (χ0v) is 10.4. The van der Waals surface area contributed by atoms with Crippen LogP contribution in [0, 0.1) is 5.41 Å². The smallest absolute Gasteiger partial charge is 0.303 e. The van der Waals surface area contributed by atoms with E-state index in [1.807, 2.05) is 20.8 Å². The van der Waals surface area contributed by atoms with Gasteiger partial charge in [0.2, 0.25) is 5.91 Å². The molecule has 1 amide bonds. The van der Waals surface area contributed by atoms with Crippen molar-refractivity contribution in [1.82, 2.24) is 5.32 Å². The normalized spacial score (nSPS) is 13.8. The molecule has 4 heteroatoms. The molecule has 0 spiro atoms. The van der Waals surface area contributed by atoms with E-state index in [0.717, 1.165) is 0 Å². The second-order valence-electron chi connectivity index (χ2n) is 4.53. The summed E-state index contributed by atoms with van der Waals surface area (Å²) in [6, 6.07) is -0.132. The zero-order valence-electron chi connectivity index (χ0n) is 10.4. The van der Waals surface area contributed by atoms with Crippen LogP contribution in [0.3, 0.4) is 0 Å². The van der Waals surface area contributed by atoms with Crippen molar-refractivity contribution < 1.29 is 14.7 Å². The second kappa shape index (κ2) is 6.30. The van der Waals surface area contributed by atoms with Crippen LogP contribution in [0.4, 0.5) is 0 Å². The van der Waals surface area contributed by atoms with E-state index in [4.69, 9.17) is 5.11 Å². The Morgan fingerprint density at radius 3 is 2.38 bits per heavy atom. The summed E-state index contributed by atoms with van der Waals surface area (Å²) >= 11 is 0. The van der Waals surface area contributed by atoms with Gasteiger partial charge in [-0.1, -0.05) is 26.8 Å². The Balaban J connectivity index is 4.58. The lowest BCUT2D eigenvalue weighted by molar-refractivity contribution is -0.140. The SMILES string of the molecule is CC=CC(=O)NC(CC)C(C)(C)CC(=O)O. The number of aliphatic carboxylic acids is 1. The van der Waals surface area contributed by atoms with Gasteiger partial charge in [-0.25, -0.2) is 0 Å². The van der Waals surface area contributed by atoms with Crippen molar-refractivity contribution in [1.29, 1.82) is 0 Å². The topological polar surface area (TPSA) is 66.4 Å². The Bertz CT molecular complexity index is 282. The summed E-state index contributed by atoms with van der Waals surface area (Å²) in [5.41, 5.74) is -0.447. The van der Waals surface area contributed by atoms with Crippen LogP contribution in [0.2, 0.25) is 0 Å². The summed E-state index contributed by atoms with van der Waals surface area (Å²) in [5.74, 6) is -1.02. The van der Waals surface area contributed by atoms with Crippen LogP contribution < -0.4 is 5.32 Å². The molecule has 0 radical (unpaired) electrons. The van der Waals surface area contributed by atoms with Gasteiger partial charge in [0.25, 0.3) is 0 Å². The first kappa shape index (κ1) is 14.7. The highest BCUT2D eigenvalue weighted by Crippen LogP contribution is 2.27. The molecular weight excluding hydrogens is 206 g/mol. The van der Waals surface area contributed by atoms with E-state index in [1.165, 1.54) is 6.08 Å². The summed E-state index contributed by atoms with van der Waals surface area (Å²) in [7, 11) is 0. The number of rotatable bonds is 6. The van der Waals surface area contributed by atoms with Gasteiger partial charge < -0.3 is 10.4 Å². The summed E-state index contributed by atoms with van der Waals surface area (Å²) < 4.78 is 0. The van der Waals surface area contributed by atoms with Crippen molar-refractivity contribution in [3.05, 3.63) is 12.2 Å². The van der Waals surface area contributed by atoms with Crippen LogP contribution >= 0.6 is 0 Å². The molecule has 0 fully saturated rings. The minimum atomic E-state index is -0.844. The monoisotopic (exact) mass is 227 g/mol. The number of carbonyl (C=O) groups excluding carboxylic acids is 1. The van der Waals surface area contributed by atoms with Gasteiger partial charge in [0.05, 0.1) is 6.42 Å². The van der Waals surface area contributed by atoms with Crippen LogP contribution in [0.1, 0.15) is 40.5 Å². The first-order valence-corrected chi connectivity index (χ1v) is 5.48. The molecule has 0 saturated heterocycles. The van der Waals surface area contributed by atoms with Gasteiger partial charge in [0.1, 0.15) is 0 Å². The molecule has 0 heterocycles. The molecule has 0 saturated carbocycles. The van der Waals surface area contributed by atoms with E-state index in [9.17, 15) is 9.59 Å². The summed E-state index contributed by atoms with van der Waals surface area (Å²) in [4.78, 5) is 22.1. The average molecular weight is 227 g/mol. The molecule has 1 unspecified atom stereocenters. The molecule has 0 aromatic heterocycles. The number of carboxylic acids is 1. The van der Waals surface area contributed by atoms with Crippen molar-refractivity contribution >= 4 is 11.9 Å². The van der Waals surface area contributed by atoms with Crippen LogP contribution in [-0.4, -0.2) is 23.0 Å². The zero-order chi connectivity index (χ0) is 12.8. The fourth-order valence-corrected chi connectivity index (χ4v) is 1.73. The maximum atomic E-state index is 11.4. The molecule has 92 valence electrons. The molecule has 16 heavy (non-hydrogen) atoms. The number of nitrogens with one attached hydrogen (secondary N) is 1. The van der Waals surface area contributed by atoms with Crippen molar-refractivity contribution in [2.24, 2.45) is 5.41 Å². The second-order valence-corrected chi connectivity index (χ2v) is 4.53. The molecule has 1 atom stereocenters. The Morgan fingerprint density at radius 2 is 2.00 bits per heavy atom. The largest absolute Gasteiger partial charge is 0.481 e. The van der Waals surface area contributed by atoms with Crippen molar-refractivity contribution in [3.8, 4) is 0 Å². The Hall–Kier alpha value is -1.32. The molecule has 4 nitrogen and oxygen atoms in total. The highest BCUT2D eigenvalue weighted by molar-refractivity contribution is 5.87. The van der Waals surface area contributed by atoms with Crippen LogP contribution in [0.5, 0.6) is 0 Å². The number of carboxylic acid groups (broad SMARTS) is 1. The molecule has 0 aliphatic rings. The van der Waals surface area contributed by atoms with Gasteiger partial charge in [-0.05, 0) is 24.8 Å². The van der Waals surface area contributed by atoms with Gasteiger partial charge >= 0.3 is 5.97 Å². The molecule has 0 aromatic rings. The molecule has 0 aromatic carbocycles. The van der Waals surface area contributed by atoms with Gasteiger partial charge in [0.15, 0.2) is 0 Å². The lowest BCUT2D eigenvalue weighted by Gasteiger charge is -2.32. The molecule has 0 aliphatic carbocycles. The predicted octanol–water partition coefficient (Wildman–Crippen LogP) is 1.96. The summed E-state index contributed by atoms with van der Waals surface area (Å²) in [6.45, 7) is 7.41. The van der Waals surface area contributed by atoms with E-state index < -0.39 is 11.4 Å². The maximum Gasteiger partial charge on any atom is 0.303 e. The number of hydrogen-bond donors (Lipinski definition) is 2. The van der Waals surface area contributed by atoms with E-state index in [1.54, 1.807) is 13.0 Å².